The Morgan fingerprint density at radius 2 is 1.86 bits per heavy atom. The third-order valence-electron chi connectivity index (χ3n) is 4.73. The van der Waals surface area contributed by atoms with Crippen LogP contribution in [0.25, 0.3) is 16.7 Å². The van der Waals surface area contributed by atoms with Gasteiger partial charge in [0.15, 0.2) is 5.65 Å². The molecule has 4 aromatic rings. The van der Waals surface area contributed by atoms with Gasteiger partial charge < -0.3 is 4.74 Å². The molecule has 2 heterocycles. The summed E-state index contributed by atoms with van der Waals surface area (Å²) in [7, 11) is 0. The van der Waals surface area contributed by atoms with Gasteiger partial charge in [-0.3, -0.25) is 0 Å². The van der Waals surface area contributed by atoms with Gasteiger partial charge in [0.05, 0.1) is 11.4 Å². The summed E-state index contributed by atoms with van der Waals surface area (Å²) in [5, 5.41) is 6.47. The Morgan fingerprint density at radius 3 is 2.64 bits per heavy atom. The minimum Gasteiger partial charge on any atom is -0.473 e. The summed E-state index contributed by atoms with van der Waals surface area (Å²) in [4.78, 5) is 4.76. The second-order valence-electron chi connectivity index (χ2n) is 6.78. The zero-order valence-corrected chi connectivity index (χ0v) is 18.2. The number of rotatable bonds is 4. The maximum Gasteiger partial charge on any atom is 0.215 e. The van der Waals surface area contributed by atoms with E-state index in [0.717, 1.165) is 43.6 Å². The fraction of sp³-hybridized carbons (Fsp3) is 0.182. The quantitative estimate of drug-likeness (QED) is 0.360. The number of halogens is 2. The van der Waals surface area contributed by atoms with E-state index in [1.54, 1.807) is 0 Å². The van der Waals surface area contributed by atoms with Crippen molar-refractivity contribution in [3.8, 4) is 11.6 Å². The van der Waals surface area contributed by atoms with Gasteiger partial charge in [0.2, 0.25) is 5.88 Å². The van der Waals surface area contributed by atoms with Gasteiger partial charge in [-0.25, -0.2) is 4.68 Å². The standard InChI is InChI=1S/C22H19BrClN3O/c1-13-10-20(28-12-16-6-4-7-17(23)11-16)25-22-21(13)15(3)26-27(22)19-9-5-8-18(24)14(19)2/h4-11H,12H2,1-3H3. The van der Waals surface area contributed by atoms with Crippen molar-refractivity contribution in [1.29, 1.82) is 0 Å². The SMILES string of the molecule is Cc1c(Cl)cccc1-n1nc(C)c2c(C)cc(OCc3cccc(Br)c3)nc21. The number of aryl methyl sites for hydroxylation is 2. The van der Waals surface area contributed by atoms with Gasteiger partial charge in [0.25, 0.3) is 0 Å². The first-order valence-electron chi connectivity index (χ1n) is 8.94. The highest BCUT2D eigenvalue weighted by Gasteiger charge is 2.16. The van der Waals surface area contributed by atoms with E-state index in [4.69, 9.17) is 26.4 Å². The smallest absolute Gasteiger partial charge is 0.215 e. The normalized spacial score (nSPS) is 11.2. The van der Waals surface area contributed by atoms with Crippen LogP contribution in [0, 0.1) is 20.8 Å². The highest BCUT2D eigenvalue weighted by molar-refractivity contribution is 9.10. The first-order chi connectivity index (χ1) is 13.4. The number of pyridine rings is 1. The van der Waals surface area contributed by atoms with Crippen LogP contribution in [0.3, 0.4) is 0 Å². The highest BCUT2D eigenvalue weighted by atomic mass is 79.9. The largest absolute Gasteiger partial charge is 0.473 e. The van der Waals surface area contributed by atoms with Crippen LogP contribution in [-0.2, 0) is 6.61 Å². The topological polar surface area (TPSA) is 39.9 Å². The van der Waals surface area contributed by atoms with Crippen molar-refractivity contribution in [3.05, 3.63) is 80.4 Å². The number of nitrogens with zero attached hydrogens (tertiary/aromatic N) is 3. The van der Waals surface area contributed by atoms with E-state index in [-0.39, 0.29) is 0 Å². The fourth-order valence-electron chi connectivity index (χ4n) is 3.33. The Kier molecular flexibility index (Phi) is 5.13. The van der Waals surface area contributed by atoms with Gasteiger partial charge in [-0.15, -0.1) is 0 Å². The van der Waals surface area contributed by atoms with Crippen LogP contribution < -0.4 is 4.74 Å². The van der Waals surface area contributed by atoms with Crippen LogP contribution >= 0.6 is 27.5 Å². The average molecular weight is 457 g/mol. The molecule has 0 N–H and O–H groups in total. The molecule has 0 unspecified atom stereocenters. The Morgan fingerprint density at radius 1 is 1.07 bits per heavy atom. The third kappa shape index (κ3) is 3.52. The van der Waals surface area contributed by atoms with Crippen LogP contribution in [0.15, 0.2) is 53.0 Å². The molecule has 0 aliphatic carbocycles. The maximum absolute atomic E-state index is 6.32. The number of benzene rings is 2. The molecule has 4 rings (SSSR count). The van der Waals surface area contributed by atoms with Crippen LogP contribution in [0.2, 0.25) is 5.02 Å². The van der Waals surface area contributed by atoms with Crippen molar-refractivity contribution in [2.24, 2.45) is 0 Å². The molecular formula is C22H19BrClN3O. The first kappa shape index (κ1) is 19.0. The van der Waals surface area contributed by atoms with Crippen LogP contribution in [0.1, 0.15) is 22.4 Å². The average Bonchev–Trinajstić information content (AvgIpc) is 2.99. The maximum atomic E-state index is 6.32. The summed E-state index contributed by atoms with van der Waals surface area (Å²) in [5.74, 6) is 0.575. The van der Waals surface area contributed by atoms with Crippen LogP contribution in [0.5, 0.6) is 5.88 Å². The molecule has 4 nitrogen and oxygen atoms in total. The van der Waals surface area contributed by atoms with Crippen molar-refractivity contribution in [1.82, 2.24) is 14.8 Å². The van der Waals surface area contributed by atoms with Crippen molar-refractivity contribution in [2.75, 3.05) is 0 Å². The zero-order chi connectivity index (χ0) is 19.8. The summed E-state index contributed by atoms with van der Waals surface area (Å²) in [6.45, 7) is 6.48. The lowest BCUT2D eigenvalue weighted by Gasteiger charge is -2.10. The molecule has 0 aliphatic rings. The molecule has 0 spiro atoms. The lowest BCUT2D eigenvalue weighted by atomic mass is 10.1. The van der Waals surface area contributed by atoms with E-state index < -0.39 is 0 Å². The van der Waals surface area contributed by atoms with Crippen molar-refractivity contribution in [2.45, 2.75) is 27.4 Å². The highest BCUT2D eigenvalue weighted by Crippen LogP contribution is 2.29. The number of hydrogen-bond donors (Lipinski definition) is 0. The molecule has 0 radical (unpaired) electrons. The lowest BCUT2D eigenvalue weighted by molar-refractivity contribution is 0.294. The molecule has 0 amide bonds. The monoisotopic (exact) mass is 455 g/mol. The Hall–Kier alpha value is -2.37. The number of ether oxygens (including phenoxy) is 1. The van der Waals surface area contributed by atoms with Gasteiger partial charge in [0.1, 0.15) is 6.61 Å². The Labute approximate surface area is 177 Å². The van der Waals surface area contributed by atoms with E-state index in [9.17, 15) is 0 Å². The van der Waals surface area contributed by atoms with Crippen molar-refractivity contribution >= 4 is 38.6 Å². The molecule has 0 aliphatic heterocycles. The van der Waals surface area contributed by atoms with Gasteiger partial charge >= 0.3 is 0 Å². The second-order valence-corrected chi connectivity index (χ2v) is 8.10. The van der Waals surface area contributed by atoms with Gasteiger partial charge in [0, 0.05) is 20.9 Å². The van der Waals surface area contributed by atoms with Gasteiger partial charge in [-0.2, -0.15) is 10.1 Å². The number of fused-ring (bicyclic) bond motifs is 1. The van der Waals surface area contributed by atoms with E-state index in [0.29, 0.717) is 17.5 Å². The predicted molar refractivity (Wildman–Crippen MR) is 117 cm³/mol. The summed E-state index contributed by atoms with van der Waals surface area (Å²) in [5.41, 5.74) is 5.74. The van der Waals surface area contributed by atoms with Crippen molar-refractivity contribution in [3.63, 3.8) is 0 Å². The second kappa shape index (κ2) is 7.57. The zero-order valence-electron chi connectivity index (χ0n) is 15.8. The molecule has 0 saturated heterocycles. The van der Waals surface area contributed by atoms with Gasteiger partial charge in [-0.1, -0.05) is 45.7 Å². The van der Waals surface area contributed by atoms with Crippen LogP contribution in [0.4, 0.5) is 0 Å². The molecule has 142 valence electrons. The van der Waals surface area contributed by atoms with E-state index in [1.807, 2.05) is 67.1 Å². The minimum atomic E-state index is 0.445. The molecule has 28 heavy (non-hydrogen) atoms. The minimum absolute atomic E-state index is 0.445. The lowest BCUT2D eigenvalue weighted by Crippen LogP contribution is -2.03. The van der Waals surface area contributed by atoms with E-state index >= 15 is 0 Å². The number of aromatic nitrogens is 3. The molecule has 0 atom stereocenters. The van der Waals surface area contributed by atoms with E-state index in [1.165, 1.54) is 0 Å². The summed E-state index contributed by atoms with van der Waals surface area (Å²) >= 11 is 9.81. The molecule has 6 heteroatoms. The fourth-order valence-corrected chi connectivity index (χ4v) is 3.94. The number of hydrogen-bond acceptors (Lipinski definition) is 3. The third-order valence-corrected chi connectivity index (χ3v) is 5.63. The first-order valence-corrected chi connectivity index (χ1v) is 10.1. The van der Waals surface area contributed by atoms with Gasteiger partial charge in [-0.05, 0) is 61.7 Å². The predicted octanol–water partition coefficient (Wildman–Crippen LogP) is 6.34. The van der Waals surface area contributed by atoms with Crippen LogP contribution in [-0.4, -0.2) is 14.8 Å². The summed E-state index contributed by atoms with van der Waals surface area (Å²) < 4.78 is 8.87. The summed E-state index contributed by atoms with van der Waals surface area (Å²) in [6.07, 6.45) is 0. The molecule has 0 bridgehead atoms. The molecule has 0 saturated carbocycles. The molecule has 2 aromatic heterocycles. The Balaban J connectivity index is 1.77. The van der Waals surface area contributed by atoms with Crippen molar-refractivity contribution < 1.29 is 4.74 Å². The Bertz CT molecular complexity index is 1190. The molecule has 0 fully saturated rings. The van der Waals surface area contributed by atoms with E-state index in [2.05, 4.69) is 22.9 Å². The summed E-state index contributed by atoms with van der Waals surface area (Å²) in [6, 6.07) is 15.8. The molecular weight excluding hydrogens is 438 g/mol. The molecule has 2 aromatic carbocycles.